The number of methoxy groups -OCH3 is 1. The van der Waals surface area contributed by atoms with E-state index in [0.717, 1.165) is 18.2 Å². The molecule has 8 nitrogen and oxygen atoms in total. The van der Waals surface area contributed by atoms with Crippen molar-refractivity contribution in [2.45, 2.75) is 12.8 Å². The van der Waals surface area contributed by atoms with Gasteiger partial charge in [-0.3, -0.25) is 19.7 Å². The number of non-ortho nitro benzene ring substituents is 1. The van der Waals surface area contributed by atoms with Gasteiger partial charge in [0.2, 0.25) is 5.91 Å². The number of phenols is 1. The molecule has 0 unspecified atom stereocenters. The van der Waals surface area contributed by atoms with Crippen LogP contribution in [0.5, 0.6) is 11.5 Å². The van der Waals surface area contributed by atoms with Crippen LogP contribution in [0.4, 0.5) is 11.4 Å². The number of anilines is 1. The number of halogens is 1. The van der Waals surface area contributed by atoms with Gasteiger partial charge in [0.05, 0.1) is 23.3 Å². The molecule has 2 N–H and O–H groups in total. The molecule has 9 heteroatoms. The van der Waals surface area contributed by atoms with Crippen molar-refractivity contribution in [3.63, 3.8) is 0 Å². The van der Waals surface area contributed by atoms with Gasteiger partial charge >= 0.3 is 0 Å². The Morgan fingerprint density at radius 3 is 2.62 bits per heavy atom. The van der Waals surface area contributed by atoms with E-state index >= 15 is 0 Å². The summed E-state index contributed by atoms with van der Waals surface area (Å²) in [5.41, 5.74) is -0.124. The highest BCUT2D eigenvalue weighted by Crippen LogP contribution is 2.28. The Morgan fingerprint density at radius 2 is 1.96 bits per heavy atom. The smallest absolute Gasteiger partial charge is 0.271 e. The van der Waals surface area contributed by atoms with Crippen molar-refractivity contribution in [2.24, 2.45) is 0 Å². The maximum Gasteiger partial charge on any atom is 0.271 e. The predicted octanol–water partition coefficient (Wildman–Crippen LogP) is 3.56. The molecule has 2 aromatic carbocycles. The number of ketones is 1. The molecule has 0 saturated heterocycles. The quantitative estimate of drug-likeness (QED) is 0.329. The molecule has 0 atom stereocenters. The van der Waals surface area contributed by atoms with Crippen molar-refractivity contribution in [3.8, 4) is 11.5 Å². The number of ether oxygens (including phenoxy) is 1. The highest BCUT2D eigenvalue weighted by molar-refractivity contribution is 6.31. The number of rotatable bonds is 7. The van der Waals surface area contributed by atoms with Crippen LogP contribution in [0.1, 0.15) is 23.2 Å². The van der Waals surface area contributed by atoms with Crippen LogP contribution >= 0.6 is 11.6 Å². The highest BCUT2D eigenvalue weighted by atomic mass is 35.5. The van der Waals surface area contributed by atoms with Crippen LogP contribution in [0.25, 0.3) is 0 Å². The highest BCUT2D eigenvalue weighted by Gasteiger charge is 2.16. The van der Waals surface area contributed by atoms with E-state index < -0.39 is 10.8 Å². The summed E-state index contributed by atoms with van der Waals surface area (Å²) in [5.74, 6) is -0.888. The van der Waals surface area contributed by atoms with E-state index in [0.29, 0.717) is 10.8 Å². The lowest BCUT2D eigenvalue weighted by Crippen LogP contribution is -2.14. The number of nitrogens with one attached hydrogen (secondary N) is 1. The van der Waals surface area contributed by atoms with E-state index in [9.17, 15) is 24.8 Å². The molecular formula is C17H15ClN2O6. The second-order valence-corrected chi connectivity index (χ2v) is 5.71. The Hall–Kier alpha value is -3.13. The molecule has 136 valence electrons. The third-order valence-corrected chi connectivity index (χ3v) is 3.74. The van der Waals surface area contributed by atoms with E-state index in [1.165, 1.54) is 13.2 Å². The molecule has 0 aliphatic carbocycles. The van der Waals surface area contributed by atoms with Crippen molar-refractivity contribution in [3.05, 3.63) is 57.1 Å². The summed E-state index contributed by atoms with van der Waals surface area (Å²) < 4.78 is 5.10. The fraction of sp³-hybridized carbons (Fsp3) is 0.176. The predicted molar refractivity (Wildman–Crippen MR) is 95.0 cm³/mol. The Kier molecular flexibility index (Phi) is 6.13. The number of benzene rings is 2. The minimum absolute atomic E-state index is 0.100. The van der Waals surface area contributed by atoms with Crippen LogP contribution in [0.3, 0.4) is 0 Å². The van der Waals surface area contributed by atoms with Gasteiger partial charge in [-0.2, -0.15) is 0 Å². The SMILES string of the molecule is COc1ccc(Cl)cc1C(=O)CCC(=O)Nc1cc([N+](=O)[O-])ccc1O. The Labute approximate surface area is 153 Å². The molecule has 26 heavy (non-hydrogen) atoms. The van der Waals surface area contributed by atoms with Crippen LogP contribution in [0.15, 0.2) is 36.4 Å². The molecule has 1 amide bonds. The van der Waals surface area contributed by atoms with E-state index in [1.807, 2.05) is 0 Å². The minimum atomic E-state index is -0.649. The molecule has 0 radical (unpaired) electrons. The van der Waals surface area contributed by atoms with Gasteiger partial charge in [-0.1, -0.05) is 11.6 Å². The number of aromatic hydroxyl groups is 1. The molecule has 0 fully saturated rings. The van der Waals surface area contributed by atoms with Crippen LogP contribution < -0.4 is 10.1 Å². The van der Waals surface area contributed by atoms with Crippen molar-refractivity contribution in [1.82, 2.24) is 0 Å². The maximum atomic E-state index is 12.3. The van der Waals surface area contributed by atoms with E-state index in [-0.39, 0.29) is 41.3 Å². The Morgan fingerprint density at radius 1 is 1.23 bits per heavy atom. The first-order valence-electron chi connectivity index (χ1n) is 7.46. The number of nitrogens with zero attached hydrogens (tertiary/aromatic N) is 1. The van der Waals surface area contributed by atoms with Crippen LogP contribution in [-0.2, 0) is 4.79 Å². The third kappa shape index (κ3) is 4.70. The average Bonchev–Trinajstić information content (AvgIpc) is 2.61. The molecule has 0 heterocycles. The zero-order valence-electron chi connectivity index (χ0n) is 13.7. The van der Waals surface area contributed by atoms with Gasteiger partial charge in [-0.25, -0.2) is 0 Å². The van der Waals surface area contributed by atoms with E-state index in [1.54, 1.807) is 12.1 Å². The average molecular weight is 379 g/mol. The first kappa shape index (κ1) is 19.2. The standard InChI is InChI=1S/C17H15ClN2O6/c1-26-16-6-2-10(18)8-12(16)14(21)5-7-17(23)19-13-9-11(20(24)25)3-4-15(13)22/h2-4,6,8-9,22H,5,7H2,1H3,(H,19,23). The number of amides is 1. The van der Waals surface area contributed by atoms with Gasteiger partial charge in [-0.05, 0) is 24.3 Å². The Bertz CT molecular complexity index is 868. The molecule has 0 saturated carbocycles. The maximum absolute atomic E-state index is 12.3. The number of nitro groups is 1. The van der Waals surface area contributed by atoms with E-state index in [4.69, 9.17) is 16.3 Å². The number of carbonyl (C=O) groups is 2. The van der Waals surface area contributed by atoms with Gasteiger partial charge in [0, 0.05) is 30.0 Å². The molecular weight excluding hydrogens is 364 g/mol. The fourth-order valence-corrected chi connectivity index (χ4v) is 2.38. The minimum Gasteiger partial charge on any atom is -0.506 e. The van der Waals surface area contributed by atoms with Gasteiger partial charge < -0.3 is 15.2 Å². The summed E-state index contributed by atoms with van der Waals surface area (Å²) in [6.07, 6.45) is -0.311. The summed E-state index contributed by atoms with van der Waals surface area (Å²) in [6.45, 7) is 0. The van der Waals surface area contributed by atoms with Gasteiger partial charge in [0.15, 0.2) is 5.78 Å². The van der Waals surface area contributed by atoms with Crippen molar-refractivity contribution < 1.29 is 24.4 Å². The number of hydrogen-bond donors (Lipinski definition) is 2. The number of carbonyl (C=O) groups excluding carboxylic acids is 2. The molecule has 0 aliphatic rings. The molecule has 0 bridgehead atoms. The van der Waals surface area contributed by atoms with Crippen molar-refractivity contribution in [1.29, 1.82) is 0 Å². The number of Topliss-reactive ketones (excluding diaryl/α,β-unsaturated/α-hetero) is 1. The zero-order valence-corrected chi connectivity index (χ0v) is 14.4. The Balaban J connectivity index is 2.03. The van der Waals surface area contributed by atoms with Crippen molar-refractivity contribution >= 4 is 34.7 Å². The fourth-order valence-electron chi connectivity index (χ4n) is 2.21. The number of nitro benzene ring substituents is 1. The lowest BCUT2D eigenvalue weighted by atomic mass is 10.1. The van der Waals surface area contributed by atoms with Crippen molar-refractivity contribution in [2.75, 3.05) is 12.4 Å². The van der Waals surface area contributed by atoms with Crippen LogP contribution in [0.2, 0.25) is 5.02 Å². The first-order valence-corrected chi connectivity index (χ1v) is 7.83. The topological polar surface area (TPSA) is 119 Å². The van der Waals surface area contributed by atoms with Crippen LogP contribution in [0, 0.1) is 10.1 Å². The lowest BCUT2D eigenvalue weighted by molar-refractivity contribution is -0.384. The number of hydrogen-bond acceptors (Lipinski definition) is 6. The van der Waals surface area contributed by atoms with Gasteiger partial charge in [0.25, 0.3) is 5.69 Å². The molecule has 0 aliphatic heterocycles. The largest absolute Gasteiger partial charge is 0.506 e. The summed E-state index contributed by atoms with van der Waals surface area (Å²) >= 11 is 5.88. The molecule has 2 aromatic rings. The molecule has 2 rings (SSSR count). The summed E-state index contributed by atoms with van der Waals surface area (Å²) in [6, 6.07) is 7.84. The van der Waals surface area contributed by atoms with Gasteiger partial charge in [-0.15, -0.1) is 0 Å². The monoisotopic (exact) mass is 378 g/mol. The van der Waals surface area contributed by atoms with E-state index in [2.05, 4.69) is 5.32 Å². The van der Waals surface area contributed by atoms with Crippen LogP contribution in [-0.4, -0.2) is 28.8 Å². The molecule has 0 spiro atoms. The lowest BCUT2D eigenvalue weighted by Gasteiger charge is -2.09. The summed E-state index contributed by atoms with van der Waals surface area (Å²) in [5, 5.41) is 23.1. The summed E-state index contributed by atoms with van der Waals surface area (Å²) in [4.78, 5) is 34.4. The van der Waals surface area contributed by atoms with Gasteiger partial charge in [0.1, 0.15) is 11.5 Å². The molecule has 0 aromatic heterocycles. The normalized spacial score (nSPS) is 10.2. The summed E-state index contributed by atoms with van der Waals surface area (Å²) in [7, 11) is 1.41. The third-order valence-electron chi connectivity index (χ3n) is 3.51. The second-order valence-electron chi connectivity index (χ2n) is 5.27. The number of phenolic OH excluding ortho intramolecular Hbond substituents is 1. The zero-order chi connectivity index (χ0) is 19.3. The second kappa shape index (κ2) is 8.30. The first-order chi connectivity index (χ1) is 12.3.